The van der Waals surface area contributed by atoms with E-state index in [2.05, 4.69) is 22.4 Å². The molecule has 0 saturated carbocycles. The number of aromatic amines is 1. The third-order valence-corrected chi connectivity index (χ3v) is 1.68. The Kier molecular flexibility index (Phi) is 2.52. The molecule has 1 heterocycles. The third-order valence-electron chi connectivity index (χ3n) is 1.68. The van der Waals surface area contributed by atoms with E-state index < -0.39 is 0 Å². The van der Waals surface area contributed by atoms with Gasteiger partial charge in [-0.15, -0.1) is 0 Å². The number of H-pyrrole nitrogens is 1. The molecular formula is C8H15N3. The van der Waals surface area contributed by atoms with E-state index in [1.165, 1.54) is 0 Å². The molecule has 0 aliphatic heterocycles. The summed E-state index contributed by atoms with van der Waals surface area (Å²) in [6.07, 6.45) is 1.14. The topological polar surface area (TPSA) is 40.7 Å². The number of nitrogens with zero attached hydrogens (tertiary/aromatic N) is 1. The smallest absolute Gasteiger partial charge is 0.0825 e. The van der Waals surface area contributed by atoms with Crippen LogP contribution in [-0.2, 0) is 0 Å². The van der Waals surface area contributed by atoms with Crippen LogP contribution in [0.15, 0.2) is 0 Å². The van der Waals surface area contributed by atoms with Crippen LogP contribution in [0.2, 0.25) is 0 Å². The number of anilines is 1. The van der Waals surface area contributed by atoms with Gasteiger partial charge < -0.3 is 5.32 Å². The van der Waals surface area contributed by atoms with Gasteiger partial charge in [0.1, 0.15) is 0 Å². The van der Waals surface area contributed by atoms with Crippen molar-refractivity contribution in [2.45, 2.75) is 27.2 Å². The van der Waals surface area contributed by atoms with Crippen molar-refractivity contribution in [1.29, 1.82) is 0 Å². The Morgan fingerprint density at radius 1 is 1.45 bits per heavy atom. The fourth-order valence-electron chi connectivity index (χ4n) is 1.06. The van der Waals surface area contributed by atoms with Gasteiger partial charge in [-0.1, -0.05) is 6.92 Å². The molecule has 1 aromatic heterocycles. The second kappa shape index (κ2) is 3.42. The van der Waals surface area contributed by atoms with Gasteiger partial charge in [-0.25, -0.2) is 0 Å². The molecule has 0 fully saturated rings. The highest BCUT2D eigenvalue weighted by Gasteiger charge is 2.02. The van der Waals surface area contributed by atoms with Gasteiger partial charge in [0.25, 0.3) is 0 Å². The molecule has 11 heavy (non-hydrogen) atoms. The lowest BCUT2D eigenvalue weighted by molar-refractivity contribution is 0.975. The first-order valence-electron chi connectivity index (χ1n) is 4.01. The highest BCUT2D eigenvalue weighted by atomic mass is 15.1. The Morgan fingerprint density at radius 3 is 2.64 bits per heavy atom. The number of aromatic nitrogens is 2. The standard InChI is InChI=1S/C8H15N3/c1-4-5-9-8-6(2)10-11-7(8)3/h9H,4-5H2,1-3H3,(H,10,11). The maximum absolute atomic E-state index is 4.08. The molecule has 3 heteroatoms. The van der Waals surface area contributed by atoms with Crippen molar-refractivity contribution in [3.05, 3.63) is 11.4 Å². The summed E-state index contributed by atoms with van der Waals surface area (Å²) >= 11 is 0. The summed E-state index contributed by atoms with van der Waals surface area (Å²) in [5, 5.41) is 10.3. The van der Waals surface area contributed by atoms with E-state index in [0.717, 1.165) is 30.0 Å². The van der Waals surface area contributed by atoms with Crippen molar-refractivity contribution in [1.82, 2.24) is 10.2 Å². The first-order valence-corrected chi connectivity index (χ1v) is 4.01. The molecular weight excluding hydrogens is 138 g/mol. The third kappa shape index (κ3) is 1.73. The van der Waals surface area contributed by atoms with Crippen LogP contribution in [0, 0.1) is 13.8 Å². The summed E-state index contributed by atoms with van der Waals surface area (Å²) in [4.78, 5) is 0. The maximum atomic E-state index is 4.08. The van der Waals surface area contributed by atoms with E-state index >= 15 is 0 Å². The number of nitrogens with one attached hydrogen (secondary N) is 2. The number of rotatable bonds is 3. The lowest BCUT2D eigenvalue weighted by Crippen LogP contribution is -2.01. The first-order chi connectivity index (χ1) is 5.25. The molecule has 62 valence electrons. The highest BCUT2D eigenvalue weighted by Crippen LogP contribution is 2.15. The fourth-order valence-corrected chi connectivity index (χ4v) is 1.06. The Morgan fingerprint density at radius 2 is 2.18 bits per heavy atom. The van der Waals surface area contributed by atoms with Crippen molar-refractivity contribution in [3.8, 4) is 0 Å². The van der Waals surface area contributed by atoms with Crippen LogP contribution in [0.1, 0.15) is 24.7 Å². The molecule has 0 radical (unpaired) electrons. The summed E-state index contributed by atoms with van der Waals surface area (Å²) in [5.74, 6) is 0. The zero-order chi connectivity index (χ0) is 8.27. The number of hydrogen-bond donors (Lipinski definition) is 2. The molecule has 1 rings (SSSR count). The fraction of sp³-hybridized carbons (Fsp3) is 0.625. The van der Waals surface area contributed by atoms with E-state index in [1.807, 2.05) is 13.8 Å². The van der Waals surface area contributed by atoms with E-state index in [4.69, 9.17) is 0 Å². The Bertz CT molecular complexity index is 208. The van der Waals surface area contributed by atoms with Crippen LogP contribution < -0.4 is 5.32 Å². The van der Waals surface area contributed by atoms with Gasteiger partial charge in [0.05, 0.1) is 17.1 Å². The highest BCUT2D eigenvalue weighted by molar-refractivity contribution is 5.51. The van der Waals surface area contributed by atoms with Crippen molar-refractivity contribution < 1.29 is 0 Å². The van der Waals surface area contributed by atoms with E-state index in [0.29, 0.717) is 0 Å². The van der Waals surface area contributed by atoms with Crippen LogP contribution in [0.3, 0.4) is 0 Å². The molecule has 0 bridgehead atoms. The molecule has 0 aliphatic carbocycles. The Labute approximate surface area is 67.2 Å². The molecule has 0 aliphatic rings. The summed E-state index contributed by atoms with van der Waals surface area (Å²) in [6, 6.07) is 0. The number of hydrogen-bond acceptors (Lipinski definition) is 2. The van der Waals surface area contributed by atoms with E-state index in [9.17, 15) is 0 Å². The van der Waals surface area contributed by atoms with E-state index in [-0.39, 0.29) is 0 Å². The quantitative estimate of drug-likeness (QED) is 0.695. The van der Waals surface area contributed by atoms with Gasteiger partial charge in [0.2, 0.25) is 0 Å². The van der Waals surface area contributed by atoms with Crippen LogP contribution >= 0.6 is 0 Å². The average Bonchev–Trinajstić information content (AvgIpc) is 2.29. The van der Waals surface area contributed by atoms with Crippen molar-refractivity contribution in [2.75, 3.05) is 11.9 Å². The molecule has 0 spiro atoms. The van der Waals surface area contributed by atoms with E-state index in [1.54, 1.807) is 0 Å². The summed E-state index contributed by atoms with van der Waals surface area (Å²) in [5.41, 5.74) is 3.33. The van der Waals surface area contributed by atoms with Gasteiger partial charge in [-0.3, -0.25) is 5.10 Å². The second-order valence-electron chi connectivity index (χ2n) is 2.74. The monoisotopic (exact) mass is 153 g/mol. The van der Waals surface area contributed by atoms with Gasteiger partial charge >= 0.3 is 0 Å². The molecule has 0 saturated heterocycles. The lowest BCUT2D eigenvalue weighted by atomic mass is 10.3. The predicted molar refractivity (Wildman–Crippen MR) is 46.8 cm³/mol. The molecule has 0 amide bonds. The molecule has 1 aromatic rings. The van der Waals surface area contributed by atoms with Crippen molar-refractivity contribution in [3.63, 3.8) is 0 Å². The largest absolute Gasteiger partial charge is 0.382 e. The summed E-state index contributed by atoms with van der Waals surface area (Å²) in [6.45, 7) is 7.19. The zero-order valence-electron chi connectivity index (χ0n) is 7.36. The van der Waals surface area contributed by atoms with Crippen LogP contribution in [0.25, 0.3) is 0 Å². The molecule has 3 nitrogen and oxygen atoms in total. The maximum Gasteiger partial charge on any atom is 0.0825 e. The molecule has 0 atom stereocenters. The average molecular weight is 153 g/mol. The van der Waals surface area contributed by atoms with Crippen molar-refractivity contribution >= 4 is 5.69 Å². The van der Waals surface area contributed by atoms with Crippen LogP contribution in [0.4, 0.5) is 5.69 Å². The lowest BCUT2D eigenvalue weighted by Gasteiger charge is -2.02. The minimum atomic E-state index is 1.02. The number of aryl methyl sites for hydroxylation is 2. The Balaban J connectivity index is 2.67. The molecule has 0 unspecified atom stereocenters. The van der Waals surface area contributed by atoms with Gasteiger partial charge in [0.15, 0.2) is 0 Å². The van der Waals surface area contributed by atoms with Crippen molar-refractivity contribution in [2.24, 2.45) is 0 Å². The SMILES string of the molecule is CCCNc1c(C)n[nH]c1C. The normalized spacial score (nSPS) is 10.1. The van der Waals surface area contributed by atoms with Gasteiger partial charge in [-0.2, -0.15) is 5.10 Å². The first kappa shape index (κ1) is 8.11. The van der Waals surface area contributed by atoms with Crippen LogP contribution in [0.5, 0.6) is 0 Å². The molecule has 0 aromatic carbocycles. The zero-order valence-corrected chi connectivity index (χ0v) is 7.36. The van der Waals surface area contributed by atoms with Gasteiger partial charge in [-0.05, 0) is 20.3 Å². The minimum absolute atomic E-state index is 1.02. The Hall–Kier alpha value is -0.990. The van der Waals surface area contributed by atoms with Crippen LogP contribution in [-0.4, -0.2) is 16.7 Å². The summed E-state index contributed by atoms with van der Waals surface area (Å²) < 4.78 is 0. The minimum Gasteiger partial charge on any atom is -0.382 e. The predicted octanol–water partition coefficient (Wildman–Crippen LogP) is 1.85. The molecule has 2 N–H and O–H groups in total. The van der Waals surface area contributed by atoms with Gasteiger partial charge in [0, 0.05) is 6.54 Å². The second-order valence-corrected chi connectivity index (χ2v) is 2.74. The summed E-state index contributed by atoms with van der Waals surface area (Å²) in [7, 11) is 0.